The van der Waals surface area contributed by atoms with Crippen LogP contribution in [-0.4, -0.2) is 0 Å². The Bertz CT molecular complexity index is 1640. The molecule has 1 atom stereocenters. The first-order chi connectivity index (χ1) is 19.2. The van der Waals surface area contributed by atoms with Crippen molar-refractivity contribution in [2.45, 2.75) is 32.1 Å². The van der Waals surface area contributed by atoms with Crippen LogP contribution in [0, 0.1) is 0 Å². The van der Waals surface area contributed by atoms with Crippen molar-refractivity contribution in [2.75, 3.05) is 4.90 Å². The molecule has 0 aliphatic heterocycles. The van der Waals surface area contributed by atoms with Gasteiger partial charge in [-0.2, -0.15) is 0 Å². The highest BCUT2D eigenvalue weighted by Gasteiger charge is 2.21. The summed E-state index contributed by atoms with van der Waals surface area (Å²) in [6.45, 7) is 6.11. The number of allylic oxidation sites excluding steroid dienone is 8. The van der Waals surface area contributed by atoms with E-state index < -0.39 is 0 Å². The Morgan fingerprint density at radius 1 is 0.923 bits per heavy atom. The third-order valence-corrected chi connectivity index (χ3v) is 8.82. The number of benzene rings is 3. The minimum absolute atomic E-state index is 0.367. The van der Waals surface area contributed by atoms with Crippen LogP contribution in [0.4, 0.5) is 5.69 Å². The lowest BCUT2D eigenvalue weighted by Crippen LogP contribution is -2.23. The molecule has 0 spiro atoms. The highest BCUT2D eigenvalue weighted by Crippen LogP contribution is 2.39. The van der Waals surface area contributed by atoms with Crippen LogP contribution >= 0.6 is 11.3 Å². The summed E-state index contributed by atoms with van der Waals surface area (Å²) in [6.07, 6.45) is 21.1. The highest BCUT2D eigenvalue weighted by atomic mass is 32.1. The summed E-state index contributed by atoms with van der Waals surface area (Å²) >= 11 is 1.82. The normalized spacial score (nSPS) is 17.2. The molecule has 1 unspecified atom stereocenters. The van der Waals surface area contributed by atoms with E-state index in [0.717, 1.165) is 19.3 Å². The van der Waals surface area contributed by atoms with Crippen molar-refractivity contribution in [1.82, 2.24) is 0 Å². The minimum atomic E-state index is 0.367. The average Bonchev–Trinajstić information content (AvgIpc) is 3.36. The maximum atomic E-state index is 4.03. The summed E-state index contributed by atoms with van der Waals surface area (Å²) in [5.74, 6) is 0.367. The monoisotopic (exact) mass is 523 g/mol. The zero-order valence-corrected chi connectivity index (χ0v) is 23.2. The van der Waals surface area contributed by atoms with Gasteiger partial charge in [0.1, 0.15) is 0 Å². The smallest absolute Gasteiger partial charge is 0.0458 e. The van der Waals surface area contributed by atoms with Gasteiger partial charge in [0.05, 0.1) is 0 Å². The van der Waals surface area contributed by atoms with Crippen LogP contribution in [0.2, 0.25) is 0 Å². The minimum Gasteiger partial charge on any atom is -0.315 e. The Morgan fingerprint density at radius 2 is 1.72 bits per heavy atom. The van der Waals surface area contributed by atoms with Crippen molar-refractivity contribution >= 4 is 44.8 Å². The molecule has 1 aromatic heterocycles. The third kappa shape index (κ3) is 5.13. The zero-order chi connectivity index (χ0) is 26.6. The van der Waals surface area contributed by atoms with Crippen molar-refractivity contribution in [3.05, 3.63) is 155 Å². The third-order valence-electron chi connectivity index (χ3n) is 7.64. The zero-order valence-electron chi connectivity index (χ0n) is 22.4. The summed E-state index contributed by atoms with van der Waals surface area (Å²) in [7, 11) is 0. The molecule has 0 radical (unpaired) electrons. The van der Waals surface area contributed by atoms with Crippen LogP contribution < -0.4 is 4.90 Å². The van der Waals surface area contributed by atoms with Gasteiger partial charge in [-0.1, -0.05) is 97.6 Å². The molecular formula is C37H33NS. The van der Waals surface area contributed by atoms with E-state index in [9.17, 15) is 0 Å². The Hall–Kier alpha value is -4.14. The van der Waals surface area contributed by atoms with E-state index in [1.165, 1.54) is 54.3 Å². The number of hydrogen-bond acceptors (Lipinski definition) is 2. The van der Waals surface area contributed by atoms with Crippen LogP contribution in [0.25, 0.3) is 27.8 Å². The predicted molar refractivity (Wildman–Crippen MR) is 172 cm³/mol. The second-order valence-electron chi connectivity index (χ2n) is 10.1. The SMILES string of the molecule is C=Cc1sc2ccc(C3C=CC(N(C4=CC=C(c5ccccc5)CC4)c4ccccc4)=CC3)cc2c1/C=C\C. The van der Waals surface area contributed by atoms with Gasteiger partial charge in [0.25, 0.3) is 0 Å². The van der Waals surface area contributed by atoms with Crippen LogP contribution in [-0.2, 0) is 0 Å². The molecule has 1 nitrogen and oxygen atoms in total. The van der Waals surface area contributed by atoms with Crippen molar-refractivity contribution in [3.8, 4) is 0 Å². The van der Waals surface area contributed by atoms with Crippen LogP contribution in [0.15, 0.2) is 133 Å². The Balaban J connectivity index is 1.30. The highest BCUT2D eigenvalue weighted by molar-refractivity contribution is 7.20. The van der Waals surface area contributed by atoms with Gasteiger partial charge in [-0.3, -0.25) is 0 Å². The molecule has 0 bridgehead atoms. The number of thiophene rings is 1. The molecule has 6 rings (SSSR count). The largest absolute Gasteiger partial charge is 0.315 e. The fraction of sp³-hybridized carbons (Fsp3) is 0.135. The number of hydrogen-bond donors (Lipinski definition) is 0. The van der Waals surface area contributed by atoms with Gasteiger partial charge in [0.2, 0.25) is 0 Å². The van der Waals surface area contributed by atoms with Gasteiger partial charge in [0, 0.05) is 38.0 Å². The first-order valence-corrected chi connectivity index (χ1v) is 14.6. The van der Waals surface area contributed by atoms with E-state index in [2.05, 4.69) is 140 Å². The molecular weight excluding hydrogens is 490 g/mol. The molecule has 2 aliphatic carbocycles. The molecule has 1 heterocycles. The van der Waals surface area contributed by atoms with E-state index in [-0.39, 0.29) is 0 Å². The molecule has 192 valence electrons. The van der Waals surface area contributed by atoms with E-state index in [1.54, 1.807) is 0 Å². The molecule has 0 saturated heterocycles. The lowest BCUT2D eigenvalue weighted by Gasteiger charge is -2.32. The molecule has 2 aliphatic rings. The summed E-state index contributed by atoms with van der Waals surface area (Å²) in [4.78, 5) is 3.68. The average molecular weight is 524 g/mol. The lowest BCUT2D eigenvalue weighted by molar-refractivity contribution is 0.829. The van der Waals surface area contributed by atoms with Gasteiger partial charge in [-0.25, -0.2) is 0 Å². The van der Waals surface area contributed by atoms with E-state index in [0.29, 0.717) is 5.92 Å². The number of para-hydroxylation sites is 1. The second kappa shape index (κ2) is 11.3. The molecule has 0 amide bonds. The maximum absolute atomic E-state index is 4.03. The molecule has 0 N–H and O–H groups in total. The fourth-order valence-corrected chi connectivity index (χ4v) is 6.68. The Morgan fingerprint density at radius 3 is 2.38 bits per heavy atom. The maximum Gasteiger partial charge on any atom is 0.0458 e. The first-order valence-electron chi connectivity index (χ1n) is 13.8. The van der Waals surface area contributed by atoms with E-state index >= 15 is 0 Å². The summed E-state index contributed by atoms with van der Waals surface area (Å²) in [5.41, 5.74) is 9.17. The second-order valence-corrected chi connectivity index (χ2v) is 11.1. The van der Waals surface area contributed by atoms with Crippen molar-refractivity contribution in [3.63, 3.8) is 0 Å². The fourth-order valence-electron chi connectivity index (χ4n) is 5.66. The number of nitrogens with zero attached hydrogens (tertiary/aromatic N) is 1. The standard InChI is InChI=1S/C37H33NS/c1-3-11-34-35-26-30(20-25-37(35)39-36(34)4-2)29-18-23-33(24-19-29)38(31-14-9-6-10-15-31)32-21-16-28(17-22-32)27-12-7-5-8-13-27/h3-16,18,20-21,23-26,29H,2,17,19,22H2,1H3/b11-3-. The van der Waals surface area contributed by atoms with Gasteiger partial charge >= 0.3 is 0 Å². The van der Waals surface area contributed by atoms with E-state index in [1.807, 2.05) is 17.4 Å². The van der Waals surface area contributed by atoms with Crippen molar-refractivity contribution < 1.29 is 0 Å². The summed E-state index contributed by atoms with van der Waals surface area (Å²) < 4.78 is 1.32. The molecule has 39 heavy (non-hydrogen) atoms. The van der Waals surface area contributed by atoms with E-state index in [4.69, 9.17) is 0 Å². The van der Waals surface area contributed by atoms with Gasteiger partial charge in [-0.15, -0.1) is 11.3 Å². The molecule has 2 heteroatoms. The molecule has 0 fully saturated rings. The number of fused-ring (bicyclic) bond motifs is 1. The molecule has 3 aromatic carbocycles. The quantitative estimate of drug-likeness (QED) is 0.233. The van der Waals surface area contributed by atoms with Crippen LogP contribution in [0.3, 0.4) is 0 Å². The number of anilines is 1. The molecule has 0 saturated carbocycles. The Labute approximate surface area is 236 Å². The summed E-state index contributed by atoms with van der Waals surface area (Å²) in [5, 5.41) is 1.33. The number of rotatable bonds is 7. The predicted octanol–water partition coefficient (Wildman–Crippen LogP) is 10.8. The van der Waals surface area contributed by atoms with Gasteiger partial charge < -0.3 is 4.90 Å². The lowest BCUT2D eigenvalue weighted by atomic mass is 9.89. The van der Waals surface area contributed by atoms with Crippen molar-refractivity contribution in [1.29, 1.82) is 0 Å². The Kier molecular flexibility index (Phi) is 7.29. The first kappa shape index (κ1) is 25.2. The van der Waals surface area contributed by atoms with Crippen molar-refractivity contribution in [2.24, 2.45) is 0 Å². The van der Waals surface area contributed by atoms with Crippen LogP contribution in [0.5, 0.6) is 0 Å². The summed E-state index contributed by atoms with van der Waals surface area (Å²) in [6, 6.07) is 28.5. The molecule has 4 aromatic rings. The topological polar surface area (TPSA) is 3.24 Å². The van der Waals surface area contributed by atoms with Crippen LogP contribution in [0.1, 0.15) is 53.7 Å². The van der Waals surface area contributed by atoms with Gasteiger partial charge in [-0.05, 0) is 84.9 Å². The van der Waals surface area contributed by atoms with Gasteiger partial charge in [0.15, 0.2) is 0 Å².